The lowest BCUT2D eigenvalue weighted by molar-refractivity contribution is -0.118. The molecule has 1 amide bonds. The molecular formula is C13H18N4O2. The van der Waals surface area contributed by atoms with Gasteiger partial charge >= 0.3 is 5.69 Å². The maximum absolute atomic E-state index is 11.2. The fourth-order valence-electron chi connectivity index (χ4n) is 2.20. The minimum atomic E-state index is -0.322. The number of H-pyrrole nitrogens is 2. The second-order valence-corrected chi connectivity index (χ2v) is 4.84. The molecule has 0 fully saturated rings. The van der Waals surface area contributed by atoms with Gasteiger partial charge in [0.2, 0.25) is 5.91 Å². The Kier molecular flexibility index (Phi) is 3.71. The number of primary amides is 1. The van der Waals surface area contributed by atoms with Crippen LogP contribution in [0, 0.1) is 0 Å². The van der Waals surface area contributed by atoms with Gasteiger partial charge in [0.25, 0.3) is 0 Å². The van der Waals surface area contributed by atoms with Crippen molar-refractivity contribution in [3.63, 3.8) is 0 Å². The molecule has 2 aromatic rings. The van der Waals surface area contributed by atoms with E-state index in [1.165, 1.54) is 0 Å². The average molecular weight is 262 g/mol. The summed E-state index contributed by atoms with van der Waals surface area (Å²) < 4.78 is 0. The summed E-state index contributed by atoms with van der Waals surface area (Å²) in [7, 11) is 0. The Bertz CT molecular complexity index is 643. The van der Waals surface area contributed by atoms with Gasteiger partial charge in [-0.15, -0.1) is 0 Å². The van der Waals surface area contributed by atoms with Crippen molar-refractivity contribution in [3.05, 3.63) is 34.2 Å². The first-order valence-corrected chi connectivity index (χ1v) is 6.22. The van der Waals surface area contributed by atoms with Crippen LogP contribution < -0.4 is 16.7 Å². The van der Waals surface area contributed by atoms with E-state index >= 15 is 0 Å². The topological polar surface area (TPSA) is 104 Å². The highest BCUT2D eigenvalue weighted by Gasteiger charge is 2.12. The summed E-state index contributed by atoms with van der Waals surface area (Å²) in [6.45, 7) is 3.92. The number of amides is 1. The average Bonchev–Trinajstić information content (AvgIpc) is 2.66. The number of hydrogen-bond donors (Lipinski definition) is 4. The number of benzene rings is 1. The molecule has 2 unspecified atom stereocenters. The van der Waals surface area contributed by atoms with Crippen molar-refractivity contribution < 1.29 is 4.79 Å². The van der Waals surface area contributed by atoms with Crippen molar-refractivity contribution in [2.45, 2.75) is 32.4 Å². The third-order valence-corrected chi connectivity index (χ3v) is 3.08. The Labute approximate surface area is 110 Å². The molecular weight excluding hydrogens is 244 g/mol. The second kappa shape index (κ2) is 5.27. The summed E-state index contributed by atoms with van der Waals surface area (Å²) in [6.07, 6.45) is 0.299. The van der Waals surface area contributed by atoms with Crippen LogP contribution in [-0.2, 0) is 4.79 Å². The predicted octanol–water partition coefficient (Wildman–Crippen LogP) is 0.771. The van der Waals surface area contributed by atoms with Crippen molar-refractivity contribution >= 4 is 16.9 Å². The summed E-state index contributed by atoms with van der Waals surface area (Å²) in [6, 6.07) is 5.80. The number of carbonyl (C=O) groups is 1. The minimum Gasteiger partial charge on any atom is -0.370 e. The molecule has 0 radical (unpaired) electrons. The molecule has 0 aliphatic rings. The number of aromatic amines is 2. The van der Waals surface area contributed by atoms with Crippen LogP contribution >= 0.6 is 0 Å². The number of fused-ring (bicyclic) bond motifs is 1. The highest BCUT2D eigenvalue weighted by Crippen LogP contribution is 2.17. The third kappa shape index (κ3) is 3.23. The molecule has 102 valence electrons. The van der Waals surface area contributed by atoms with Crippen molar-refractivity contribution in [2.24, 2.45) is 5.73 Å². The van der Waals surface area contributed by atoms with E-state index in [0.717, 1.165) is 16.6 Å². The van der Waals surface area contributed by atoms with Crippen LogP contribution in [0.15, 0.2) is 23.0 Å². The Balaban J connectivity index is 2.14. The van der Waals surface area contributed by atoms with Crippen molar-refractivity contribution in [2.75, 3.05) is 0 Å². The lowest BCUT2D eigenvalue weighted by Crippen LogP contribution is -2.32. The Morgan fingerprint density at radius 1 is 1.32 bits per heavy atom. The maximum atomic E-state index is 11.2. The zero-order valence-corrected chi connectivity index (χ0v) is 11.0. The van der Waals surface area contributed by atoms with Gasteiger partial charge < -0.3 is 21.0 Å². The van der Waals surface area contributed by atoms with Crippen molar-refractivity contribution in [3.8, 4) is 0 Å². The first-order chi connectivity index (χ1) is 8.95. The molecule has 0 aliphatic carbocycles. The molecule has 2 atom stereocenters. The Morgan fingerprint density at radius 3 is 2.68 bits per heavy atom. The number of aromatic nitrogens is 2. The van der Waals surface area contributed by atoms with E-state index < -0.39 is 0 Å². The molecule has 0 saturated heterocycles. The molecule has 1 aromatic heterocycles. The lowest BCUT2D eigenvalue weighted by Gasteiger charge is -2.19. The van der Waals surface area contributed by atoms with E-state index in [-0.39, 0.29) is 23.7 Å². The van der Waals surface area contributed by atoms with E-state index in [1.54, 1.807) is 0 Å². The van der Waals surface area contributed by atoms with Gasteiger partial charge in [0.1, 0.15) is 0 Å². The van der Waals surface area contributed by atoms with Crippen LogP contribution in [0.25, 0.3) is 11.0 Å². The number of carbonyl (C=O) groups excluding carboxylic acids is 1. The molecule has 1 aromatic carbocycles. The fraction of sp³-hybridized carbons (Fsp3) is 0.385. The van der Waals surface area contributed by atoms with Crippen LogP contribution in [0.1, 0.15) is 31.9 Å². The van der Waals surface area contributed by atoms with Crippen LogP contribution in [0.4, 0.5) is 0 Å². The Morgan fingerprint density at radius 2 is 2.00 bits per heavy atom. The smallest absolute Gasteiger partial charge is 0.323 e. The van der Waals surface area contributed by atoms with Gasteiger partial charge in [-0.05, 0) is 31.5 Å². The summed E-state index contributed by atoms with van der Waals surface area (Å²) in [5.41, 5.74) is 7.55. The zero-order chi connectivity index (χ0) is 14.0. The third-order valence-electron chi connectivity index (χ3n) is 3.08. The number of imidazole rings is 1. The standard InChI is InChI=1S/C13H18N4O2/c1-7(5-12(14)18)15-8(2)9-3-4-10-11(6-9)17-13(19)16-10/h3-4,6-8,15H,5H2,1-2H3,(H2,14,18)(H2,16,17,19). The minimum absolute atomic E-state index is 0.00784. The molecule has 1 heterocycles. The van der Waals surface area contributed by atoms with Gasteiger partial charge in [0.15, 0.2) is 0 Å². The molecule has 0 aliphatic heterocycles. The normalized spacial score (nSPS) is 14.4. The Hall–Kier alpha value is -2.08. The van der Waals surface area contributed by atoms with E-state index in [9.17, 15) is 9.59 Å². The molecule has 6 nitrogen and oxygen atoms in total. The van der Waals surface area contributed by atoms with Gasteiger partial charge in [-0.25, -0.2) is 4.79 Å². The summed E-state index contributed by atoms with van der Waals surface area (Å²) in [5, 5.41) is 3.30. The zero-order valence-electron chi connectivity index (χ0n) is 11.0. The molecule has 19 heavy (non-hydrogen) atoms. The van der Waals surface area contributed by atoms with Gasteiger partial charge in [-0.1, -0.05) is 6.07 Å². The maximum Gasteiger partial charge on any atom is 0.323 e. The highest BCUT2D eigenvalue weighted by molar-refractivity contribution is 5.75. The van der Waals surface area contributed by atoms with Crippen LogP contribution in [-0.4, -0.2) is 21.9 Å². The largest absolute Gasteiger partial charge is 0.370 e. The van der Waals surface area contributed by atoms with Crippen LogP contribution in [0.5, 0.6) is 0 Å². The van der Waals surface area contributed by atoms with Gasteiger partial charge in [-0.2, -0.15) is 0 Å². The van der Waals surface area contributed by atoms with E-state index in [4.69, 9.17) is 5.73 Å². The number of rotatable bonds is 5. The number of nitrogens with one attached hydrogen (secondary N) is 3. The molecule has 2 rings (SSSR count). The predicted molar refractivity (Wildman–Crippen MR) is 73.7 cm³/mol. The summed E-state index contributed by atoms with van der Waals surface area (Å²) in [4.78, 5) is 27.5. The molecule has 0 bridgehead atoms. The molecule has 5 N–H and O–H groups in total. The van der Waals surface area contributed by atoms with E-state index in [2.05, 4.69) is 15.3 Å². The summed E-state index contributed by atoms with van der Waals surface area (Å²) in [5.74, 6) is -0.322. The van der Waals surface area contributed by atoms with Crippen LogP contribution in [0.2, 0.25) is 0 Å². The first kappa shape index (κ1) is 13.4. The van der Waals surface area contributed by atoms with E-state index in [1.807, 2.05) is 32.0 Å². The molecule has 0 saturated carbocycles. The van der Waals surface area contributed by atoms with Crippen molar-refractivity contribution in [1.82, 2.24) is 15.3 Å². The number of nitrogens with two attached hydrogens (primary N) is 1. The SMILES string of the molecule is CC(CC(N)=O)NC(C)c1ccc2[nH]c(=O)[nH]c2c1. The van der Waals surface area contributed by atoms with Crippen LogP contribution in [0.3, 0.4) is 0 Å². The molecule has 0 spiro atoms. The quantitative estimate of drug-likeness (QED) is 0.639. The molecule has 6 heteroatoms. The van der Waals surface area contributed by atoms with E-state index in [0.29, 0.717) is 6.42 Å². The lowest BCUT2D eigenvalue weighted by atomic mass is 10.1. The van der Waals surface area contributed by atoms with Gasteiger partial charge in [0, 0.05) is 18.5 Å². The summed E-state index contributed by atoms with van der Waals surface area (Å²) >= 11 is 0. The second-order valence-electron chi connectivity index (χ2n) is 4.84. The number of hydrogen-bond acceptors (Lipinski definition) is 3. The monoisotopic (exact) mass is 262 g/mol. The highest BCUT2D eigenvalue weighted by atomic mass is 16.1. The van der Waals surface area contributed by atoms with Gasteiger partial charge in [0.05, 0.1) is 11.0 Å². The van der Waals surface area contributed by atoms with Crippen molar-refractivity contribution in [1.29, 1.82) is 0 Å². The first-order valence-electron chi connectivity index (χ1n) is 6.22. The fourth-order valence-corrected chi connectivity index (χ4v) is 2.20. The van der Waals surface area contributed by atoms with Gasteiger partial charge in [-0.3, -0.25) is 4.79 Å².